The van der Waals surface area contributed by atoms with E-state index >= 15 is 0 Å². The van der Waals surface area contributed by atoms with Crippen molar-refractivity contribution in [3.8, 4) is 17.2 Å². The lowest BCUT2D eigenvalue weighted by Gasteiger charge is -2.11. The lowest BCUT2D eigenvalue weighted by molar-refractivity contribution is -0.120. The highest BCUT2D eigenvalue weighted by Crippen LogP contribution is 2.29. The predicted molar refractivity (Wildman–Crippen MR) is 96.6 cm³/mol. The smallest absolute Gasteiger partial charge is 0.244 e. The van der Waals surface area contributed by atoms with Crippen molar-refractivity contribution in [2.45, 2.75) is 13.3 Å². The number of amides is 1. The molecule has 6 heteroatoms. The third-order valence-corrected chi connectivity index (χ3v) is 3.43. The van der Waals surface area contributed by atoms with Crippen molar-refractivity contribution in [1.29, 1.82) is 0 Å². The number of hydrogen-bond donors (Lipinski definition) is 1. The Morgan fingerprint density at radius 2 is 1.88 bits per heavy atom. The Morgan fingerprint density at radius 1 is 1.12 bits per heavy atom. The highest BCUT2D eigenvalue weighted by molar-refractivity contribution is 5.86. The van der Waals surface area contributed by atoms with Gasteiger partial charge in [-0.25, -0.2) is 5.43 Å². The average Bonchev–Trinajstić information content (AvgIpc) is 2.63. The predicted octanol–water partition coefficient (Wildman–Crippen LogP) is 2.80. The van der Waals surface area contributed by atoms with Crippen LogP contribution < -0.4 is 19.6 Å². The normalized spacial score (nSPS) is 10.5. The summed E-state index contributed by atoms with van der Waals surface area (Å²) in [6.45, 7) is 2.44. The molecule has 0 aliphatic carbocycles. The number of hydrogen-bond acceptors (Lipinski definition) is 5. The molecule has 0 heterocycles. The Hall–Kier alpha value is -3.02. The van der Waals surface area contributed by atoms with Gasteiger partial charge in [-0.3, -0.25) is 4.79 Å². The summed E-state index contributed by atoms with van der Waals surface area (Å²) >= 11 is 0. The van der Waals surface area contributed by atoms with Gasteiger partial charge in [-0.1, -0.05) is 18.2 Å². The first kappa shape index (κ1) is 18.3. The summed E-state index contributed by atoms with van der Waals surface area (Å²) in [6, 6.07) is 12.8. The highest BCUT2D eigenvalue weighted by atomic mass is 16.5. The molecule has 132 valence electrons. The molecular formula is C19H22N2O4. The van der Waals surface area contributed by atoms with Crippen LogP contribution in [0.2, 0.25) is 0 Å². The third-order valence-electron chi connectivity index (χ3n) is 3.43. The van der Waals surface area contributed by atoms with Crippen LogP contribution in [0.1, 0.15) is 18.1 Å². The Bertz CT molecular complexity index is 727. The minimum absolute atomic E-state index is 0.207. The zero-order chi connectivity index (χ0) is 18.1. The molecule has 1 amide bonds. The zero-order valence-electron chi connectivity index (χ0n) is 14.6. The molecule has 0 aliphatic heterocycles. The van der Waals surface area contributed by atoms with Gasteiger partial charge < -0.3 is 14.2 Å². The summed E-state index contributed by atoms with van der Waals surface area (Å²) in [5, 5.41) is 4.00. The average molecular weight is 342 g/mol. The Morgan fingerprint density at radius 3 is 2.52 bits per heavy atom. The van der Waals surface area contributed by atoms with E-state index in [0.29, 0.717) is 18.1 Å². The SMILES string of the molecule is CCOc1cccc(/C=N\NC(=O)Cc2ccc(OC)cc2)c1OC. The zero-order valence-corrected chi connectivity index (χ0v) is 14.6. The summed E-state index contributed by atoms with van der Waals surface area (Å²) in [6.07, 6.45) is 1.77. The fourth-order valence-electron chi connectivity index (χ4n) is 2.26. The Balaban J connectivity index is 1.97. The number of ether oxygens (including phenoxy) is 3. The molecule has 2 rings (SSSR count). The summed E-state index contributed by atoms with van der Waals surface area (Å²) in [4.78, 5) is 12.0. The number of benzene rings is 2. The number of carbonyl (C=O) groups is 1. The third kappa shape index (κ3) is 5.24. The van der Waals surface area contributed by atoms with Crippen molar-refractivity contribution < 1.29 is 19.0 Å². The van der Waals surface area contributed by atoms with Crippen molar-refractivity contribution in [2.24, 2.45) is 5.10 Å². The first-order valence-corrected chi connectivity index (χ1v) is 7.92. The van der Waals surface area contributed by atoms with Gasteiger partial charge in [0.05, 0.1) is 33.5 Å². The summed E-state index contributed by atoms with van der Waals surface area (Å²) in [5.74, 6) is 1.76. The van der Waals surface area contributed by atoms with Crippen molar-refractivity contribution in [3.63, 3.8) is 0 Å². The topological polar surface area (TPSA) is 69.2 Å². The highest BCUT2D eigenvalue weighted by Gasteiger charge is 2.08. The second-order valence-corrected chi connectivity index (χ2v) is 5.13. The van der Waals surface area contributed by atoms with Gasteiger partial charge in [0, 0.05) is 5.56 Å². The molecule has 2 aromatic carbocycles. The molecule has 2 aromatic rings. The van der Waals surface area contributed by atoms with Gasteiger partial charge in [-0.2, -0.15) is 5.10 Å². The number of carbonyl (C=O) groups excluding carboxylic acids is 1. The van der Waals surface area contributed by atoms with E-state index < -0.39 is 0 Å². The van der Waals surface area contributed by atoms with Crippen LogP contribution in [0.25, 0.3) is 0 Å². The van der Waals surface area contributed by atoms with E-state index in [-0.39, 0.29) is 12.3 Å². The molecule has 0 bridgehead atoms. The van der Waals surface area contributed by atoms with Crippen molar-refractivity contribution in [2.75, 3.05) is 20.8 Å². The molecule has 0 spiro atoms. The molecule has 0 radical (unpaired) electrons. The minimum Gasteiger partial charge on any atom is -0.497 e. The molecule has 25 heavy (non-hydrogen) atoms. The molecule has 6 nitrogen and oxygen atoms in total. The molecule has 0 aliphatic rings. The number of methoxy groups -OCH3 is 2. The number of para-hydroxylation sites is 1. The van der Waals surface area contributed by atoms with Crippen LogP contribution >= 0.6 is 0 Å². The Labute approximate surface area is 147 Å². The fraction of sp³-hybridized carbons (Fsp3) is 0.263. The molecular weight excluding hydrogens is 320 g/mol. The molecule has 0 saturated carbocycles. The molecule has 0 aromatic heterocycles. The number of nitrogens with one attached hydrogen (secondary N) is 1. The summed E-state index contributed by atoms with van der Waals surface area (Å²) < 4.78 is 16.0. The van der Waals surface area contributed by atoms with Gasteiger partial charge in [0.15, 0.2) is 11.5 Å². The molecule has 0 saturated heterocycles. The van der Waals surface area contributed by atoms with E-state index in [1.54, 1.807) is 14.2 Å². The second-order valence-electron chi connectivity index (χ2n) is 5.13. The van der Waals surface area contributed by atoms with Crippen LogP contribution in [0, 0.1) is 0 Å². The van der Waals surface area contributed by atoms with E-state index in [2.05, 4.69) is 10.5 Å². The van der Waals surface area contributed by atoms with Gasteiger partial charge >= 0.3 is 0 Å². The molecule has 0 fully saturated rings. The van der Waals surface area contributed by atoms with Gasteiger partial charge in [-0.15, -0.1) is 0 Å². The quantitative estimate of drug-likeness (QED) is 0.592. The van der Waals surface area contributed by atoms with E-state index in [1.807, 2.05) is 49.4 Å². The summed E-state index contributed by atoms with van der Waals surface area (Å²) in [5.41, 5.74) is 4.11. The maximum absolute atomic E-state index is 12.0. The van der Waals surface area contributed by atoms with Gasteiger partial charge in [0.1, 0.15) is 5.75 Å². The fourth-order valence-corrected chi connectivity index (χ4v) is 2.26. The molecule has 0 atom stereocenters. The van der Waals surface area contributed by atoms with E-state index in [1.165, 1.54) is 6.21 Å². The van der Waals surface area contributed by atoms with Crippen molar-refractivity contribution in [1.82, 2.24) is 5.43 Å². The van der Waals surface area contributed by atoms with Crippen LogP contribution in [-0.2, 0) is 11.2 Å². The largest absolute Gasteiger partial charge is 0.497 e. The molecule has 0 unspecified atom stereocenters. The van der Waals surface area contributed by atoms with Crippen LogP contribution in [0.15, 0.2) is 47.6 Å². The standard InChI is InChI=1S/C19H22N2O4/c1-4-25-17-7-5-6-15(19(17)24-3)13-20-21-18(22)12-14-8-10-16(23-2)11-9-14/h5-11,13H,4,12H2,1-3H3,(H,21,22)/b20-13-. The van der Waals surface area contributed by atoms with Crippen LogP contribution in [0.4, 0.5) is 0 Å². The lowest BCUT2D eigenvalue weighted by Crippen LogP contribution is -2.19. The monoisotopic (exact) mass is 342 g/mol. The maximum atomic E-state index is 12.0. The van der Waals surface area contributed by atoms with Gasteiger partial charge in [-0.05, 0) is 36.8 Å². The summed E-state index contributed by atoms with van der Waals surface area (Å²) in [7, 11) is 3.17. The van der Waals surface area contributed by atoms with Gasteiger partial charge in [0.25, 0.3) is 0 Å². The molecule has 1 N–H and O–H groups in total. The van der Waals surface area contributed by atoms with Crippen LogP contribution in [-0.4, -0.2) is 32.9 Å². The Kier molecular flexibility index (Phi) is 6.83. The van der Waals surface area contributed by atoms with Crippen molar-refractivity contribution >= 4 is 12.1 Å². The van der Waals surface area contributed by atoms with Crippen molar-refractivity contribution in [3.05, 3.63) is 53.6 Å². The number of rotatable bonds is 8. The van der Waals surface area contributed by atoms with E-state index in [0.717, 1.165) is 16.9 Å². The van der Waals surface area contributed by atoms with E-state index in [9.17, 15) is 4.79 Å². The number of hydrazone groups is 1. The van der Waals surface area contributed by atoms with Crippen LogP contribution in [0.3, 0.4) is 0 Å². The maximum Gasteiger partial charge on any atom is 0.244 e. The number of nitrogens with zero attached hydrogens (tertiary/aromatic N) is 1. The van der Waals surface area contributed by atoms with Gasteiger partial charge in [0.2, 0.25) is 5.91 Å². The van der Waals surface area contributed by atoms with Crippen LogP contribution in [0.5, 0.6) is 17.2 Å². The minimum atomic E-state index is -0.207. The second kappa shape index (κ2) is 9.32. The first-order valence-electron chi connectivity index (χ1n) is 7.92. The van der Waals surface area contributed by atoms with E-state index in [4.69, 9.17) is 14.2 Å². The lowest BCUT2D eigenvalue weighted by atomic mass is 10.1. The first-order chi connectivity index (χ1) is 12.2.